The number of methoxy groups -OCH3 is 2. The van der Waals surface area contributed by atoms with Gasteiger partial charge in [-0.25, -0.2) is 4.98 Å². The van der Waals surface area contributed by atoms with Crippen LogP contribution in [0.1, 0.15) is 5.82 Å². The Balaban J connectivity index is 1.28. The van der Waals surface area contributed by atoms with Gasteiger partial charge in [-0.15, -0.1) is 0 Å². The molecule has 158 valence electrons. The monoisotopic (exact) mass is 409 g/mol. The Morgan fingerprint density at radius 3 is 2.57 bits per heavy atom. The van der Waals surface area contributed by atoms with E-state index in [1.165, 1.54) is 0 Å². The summed E-state index contributed by atoms with van der Waals surface area (Å²) >= 11 is 0. The number of benzene rings is 2. The zero-order valence-electron chi connectivity index (χ0n) is 17.4. The predicted molar refractivity (Wildman–Crippen MR) is 116 cm³/mol. The number of piperazine rings is 1. The maximum atomic E-state index is 12.5. The molecule has 3 aromatic rings. The summed E-state index contributed by atoms with van der Waals surface area (Å²) in [6.07, 6.45) is 0. The van der Waals surface area contributed by atoms with Crippen LogP contribution in [0, 0.1) is 0 Å². The van der Waals surface area contributed by atoms with E-state index in [1.807, 2.05) is 24.3 Å². The lowest BCUT2D eigenvalue weighted by Crippen LogP contribution is -2.48. The molecule has 2 N–H and O–H groups in total. The summed E-state index contributed by atoms with van der Waals surface area (Å²) in [6.45, 7) is 4.60. The van der Waals surface area contributed by atoms with Gasteiger partial charge in [0.2, 0.25) is 5.91 Å². The normalized spacial score (nSPS) is 15.3. The fourth-order valence-corrected chi connectivity index (χ4v) is 3.70. The Morgan fingerprint density at radius 1 is 1.07 bits per heavy atom. The summed E-state index contributed by atoms with van der Waals surface area (Å²) in [7, 11) is 3.18. The number of imidazole rings is 1. The lowest BCUT2D eigenvalue weighted by Gasteiger charge is -2.33. The molecule has 0 aliphatic carbocycles. The van der Waals surface area contributed by atoms with E-state index in [0.29, 0.717) is 23.7 Å². The van der Waals surface area contributed by atoms with Crippen LogP contribution < -0.4 is 14.8 Å². The molecule has 0 radical (unpaired) electrons. The van der Waals surface area contributed by atoms with Crippen LogP contribution in [0.25, 0.3) is 11.0 Å². The van der Waals surface area contributed by atoms with E-state index < -0.39 is 0 Å². The van der Waals surface area contributed by atoms with Gasteiger partial charge in [0.1, 0.15) is 17.3 Å². The molecule has 30 heavy (non-hydrogen) atoms. The number of aromatic nitrogens is 2. The average molecular weight is 409 g/mol. The van der Waals surface area contributed by atoms with Crippen molar-refractivity contribution >= 4 is 22.6 Å². The van der Waals surface area contributed by atoms with Gasteiger partial charge in [-0.05, 0) is 24.3 Å². The molecule has 0 saturated carbocycles. The standard InChI is InChI=1S/C22H27N5O3/c1-29-16-7-8-20(30-2)19(13-16)25-22(28)15-27-11-9-26(10-12-27)14-21-23-17-5-3-4-6-18(17)24-21/h3-8,13H,9-12,14-15H2,1-2H3,(H,23,24)(H,25,28). The second kappa shape index (κ2) is 9.15. The number of carbonyl (C=O) groups excluding carboxylic acids is 1. The number of aromatic amines is 1. The van der Waals surface area contributed by atoms with Crippen LogP contribution in [-0.4, -0.2) is 72.6 Å². The Bertz CT molecular complexity index is 978. The Hall–Kier alpha value is -3.10. The number of hydrogen-bond donors (Lipinski definition) is 2. The van der Waals surface area contributed by atoms with Crippen molar-refractivity contribution in [3.8, 4) is 11.5 Å². The molecule has 0 bridgehead atoms. The fraction of sp³-hybridized carbons (Fsp3) is 0.364. The molecule has 8 nitrogen and oxygen atoms in total. The second-order valence-electron chi connectivity index (χ2n) is 7.37. The van der Waals surface area contributed by atoms with Gasteiger partial charge in [0, 0.05) is 32.2 Å². The number of nitrogens with one attached hydrogen (secondary N) is 2. The number of hydrogen-bond acceptors (Lipinski definition) is 6. The first-order chi connectivity index (χ1) is 14.6. The molecule has 4 rings (SSSR count). The number of ether oxygens (including phenoxy) is 2. The number of fused-ring (bicyclic) bond motifs is 1. The molecule has 1 aliphatic heterocycles. The Labute approximate surface area is 175 Å². The number of para-hydroxylation sites is 2. The van der Waals surface area contributed by atoms with Gasteiger partial charge in [-0.3, -0.25) is 14.6 Å². The van der Waals surface area contributed by atoms with Gasteiger partial charge in [0.05, 0.1) is 44.0 Å². The Kier molecular flexibility index (Phi) is 6.15. The highest BCUT2D eigenvalue weighted by Crippen LogP contribution is 2.28. The number of carbonyl (C=O) groups is 1. The highest BCUT2D eigenvalue weighted by Gasteiger charge is 2.20. The maximum absolute atomic E-state index is 12.5. The molecule has 0 atom stereocenters. The predicted octanol–water partition coefficient (Wildman–Crippen LogP) is 2.34. The van der Waals surface area contributed by atoms with Crippen LogP contribution in [0.2, 0.25) is 0 Å². The molecule has 1 amide bonds. The van der Waals surface area contributed by atoms with Crippen molar-refractivity contribution in [2.75, 3.05) is 52.3 Å². The number of amides is 1. The van der Waals surface area contributed by atoms with E-state index in [2.05, 4.69) is 25.1 Å². The van der Waals surface area contributed by atoms with Crippen molar-refractivity contribution in [3.63, 3.8) is 0 Å². The number of rotatable bonds is 7. The quantitative estimate of drug-likeness (QED) is 0.623. The fourth-order valence-electron chi connectivity index (χ4n) is 3.70. The minimum Gasteiger partial charge on any atom is -0.497 e. The first kappa shape index (κ1) is 20.2. The lowest BCUT2D eigenvalue weighted by molar-refractivity contribution is -0.117. The van der Waals surface area contributed by atoms with E-state index in [9.17, 15) is 4.79 Å². The van der Waals surface area contributed by atoms with E-state index >= 15 is 0 Å². The molecule has 0 spiro atoms. The van der Waals surface area contributed by atoms with Gasteiger partial charge < -0.3 is 19.8 Å². The van der Waals surface area contributed by atoms with Crippen LogP contribution in [0.4, 0.5) is 5.69 Å². The van der Waals surface area contributed by atoms with E-state index in [-0.39, 0.29) is 5.91 Å². The summed E-state index contributed by atoms with van der Waals surface area (Å²) < 4.78 is 10.6. The molecule has 1 aliphatic rings. The largest absolute Gasteiger partial charge is 0.497 e. The molecule has 8 heteroatoms. The highest BCUT2D eigenvalue weighted by molar-refractivity contribution is 5.94. The molecule has 1 saturated heterocycles. The first-order valence-electron chi connectivity index (χ1n) is 10.0. The summed E-state index contributed by atoms with van der Waals surface area (Å²) in [5.41, 5.74) is 2.68. The van der Waals surface area contributed by atoms with E-state index in [1.54, 1.807) is 32.4 Å². The van der Waals surface area contributed by atoms with E-state index in [0.717, 1.165) is 49.6 Å². The zero-order valence-corrected chi connectivity index (χ0v) is 17.4. The highest BCUT2D eigenvalue weighted by atomic mass is 16.5. The molecule has 1 aromatic heterocycles. The molecule has 2 aromatic carbocycles. The zero-order chi connectivity index (χ0) is 20.9. The van der Waals surface area contributed by atoms with Gasteiger partial charge >= 0.3 is 0 Å². The molecule has 1 fully saturated rings. The van der Waals surface area contributed by atoms with Crippen molar-refractivity contribution in [1.82, 2.24) is 19.8 Å². The van der Waals surface area contributed by atoms with Crippen molar-refractivity contribution in [2.24, 2.45) is 0 Å². The van der Waals surface area contributed by atoms with Crippen molar-refractivity contribution in [2.45, 2.75) is 6.54 Å². The third kappa shape index (κ3) is 4.72. The van der Waals surface area contributed by atoms with Crippen LogP contribution in [0.5, 0.6) is 11.5 Å². The number of nitrogens with zero attached hydrogens (tertiary/aromatic N) is 3. The number of H-pyrrole nitrogens is 1. The van der Waals surface area contributed by atoms with Crippen LogP contribution in [0.3, 0.4) is 0 Å². The van der Waals surface area contributed by atoms with Crippen molar-refractivity contribution in [3.05, 3.63) is 48.3 Å². The SMILES string of the molecule is COc1ccc(OC)c(NC(=O)CN2CCN(Cc3nc4ccccc4[nH]3)CC2)c1. The molecular weight excluding hydrogens is 382 g/mol. The van der Waals surface area contributed by atoms with Crippen LogP contribution >= 0.6 is 0 Å². The van der Waals surface area contributed by atoms with Gasteiger partial charge in [0.15, 0.2) is 0 Å². The molecule has 0 unspecified atom stereocenters. The summed E-state index contributed by atoms with van der Waals surface area (Å²) in [5.74, 6) is 2.20. The Morgan fingerprint density at radius 2 is 1.83 bits per heavy atom. The number of anilines is 1. The smallest absolute Gasteiger partial charge is 0.238 e. The summed E-state index contributed by atoms with van der Waals surface area (Å²) in [5, 5.41) is 2.94. The van der Waals surface area contributed by atoms with Gasteiger partial charge in [-0.2, -0.15) is 0 Å². The minimum atomic E-state index is -0.0627. The molecule has 2 heterocycles. The minimum absolute atomic E-state index is 0.0627. The summed E-state index contributed by atoms with van der Waals surface area (Å²) in [6, 6.07) is 13.4. The molecular formula is C22H27N5O3. The third-order valence-electron chi connectivity index (χ3n) is 5.32. The third-order valence-corrected chi connectivity index (χ3v) is 5.32. The van der Waals surface area contributed by atoms with Crippen molar-refractivity contribution < 1.29 is 14.3 Å². The van der Waals surface area contributed by atoms with Crippen LogP contribution in [0.15, 0.2) is 42.5 Å². The topological polar surface area (TPSA) is 82.7 Å². The van der Waals surface area contributed by atoms with E-state index in [4.69, 9.17) is 9.47 Å². The van der Waals surface area contributed by atoms with Gasteiger partial charge in [-0.1, -0.05) is 12.1 Å². The second-order valence-corrected chi connectivity index (χ2v) is 7.37. The average Bonchev–Trinajstić information content (AvgIpc) is 3.17. The lowest BCUT2D eigenvalue weighted by atomic mass is 10.2. The maximum Gasteiger partial charge on any atom is 0.238 e. The first-order valence-corrected chi connectivity index (χ1v) is 10.0. The van der Waals surface area contributed by atoms with Crippen LogP contribution in [-0.2, 0) is 11.3 Å². The van der Waals surface area contributed by atoms with Crippen molar-refractivity contribution in [1.29, 1.82) is 0 Å². The van der Waals surface area contributed by atoms with Gasteiger partial charge in [0.25, 0.3) is 0 Å². The summed E-state index contributed by atoms with van der Waals surface area (Å²) in [4.78, 5) is 25.1.